The van der Waals surface area contributed by atoms with Gasteiger partial charge in [0.25, 0.3) is 0 Å². The van der Waals surface area contributed by atoms with Crippen LogP contribution in [0.2, 0.25) is 0 Å². The maximum absolute atomic E-state index is 12.4. The minimum absolute atomic E-state index is 0.262. The van der Waals surface area contributed by atoms with Crippen LogP contribution in [0.4, 0.5) is 13.2 Å². The molecule has 0 spiro atoms. The largest absolute Gasteiger partial charge is 0.401 e. The van der Waals surface area contributed by atoms with E-state index >= 15 is 0 Å². The van der Waals surface area contributed by atoms with Crippen molar-refractivity contribution in [3.8, 4) is 5.69 Å². The molecule has 0 bridgehead atoms. The topological polar surface area (TPSA) is 48.7 Å². The van der Waals surface area contributed by atoms with Crippen molar-refractivity contribution in [3.63, 3.8) is 0 Å². The van der Waals surface area contributed by atoms with Crippen LogP contribution in [-0.2, 0) is 6.54 Å². The number of likely N-dealkylation sites (N-methyl/N-ethyl adjacent to an activating group) is 1. The van der Waals surface area contributed by atoms with Gasteiger partial charge in [0.05, 0.1) is 18.4 Å². The number of nitrogens with one attached hydrogen (secondary N) is 1. The van der Waals surface area contributed by atoms with Crippen LogP contribution in [0.15, 0.2) is 47.7 Å². The van der Waals surface area contributed by atoms with Gasteiger partial charge in [0, 0.05) is 45.5 Å². The molecule has 6 nitrogen and oxygen atoms in total. The minimum Gasteiger partial charge on any atom is -0.355 e. The second-order valence-corrected chi connectivity index (χ2v) is 6.31. The van der Waals surface area contributed by atoms with Crippen LogP contribution in [0, 0.1) is 0 Å². The summed E-state index contributed by atoms with van der Waals surface area (Å²) >= 11 is 0. The predicted octanol–water partition coefficient (Wildman–Crippen LogP) is 2.37. The monoisotopic (exact) mass is 382 g/mol. The van der Waals surface area contributed by atoms with Gasteiger partial charge in [-0.1, -0.05) is 18.2 Å². The summed E-state index contributed by atoms with van der Waals surface area (Å²) in [5, 5.41) is 7.44. The van der Waals surface area contributed by atoms with Crippen molar-refractivity contribution in [2.75, 3.05) is 40.8 Å². The zero-order chi connectivity index (χ0) is 19.9. The van der Waals surface area contributed by atoms with Gasteiger partial charge in [-0.2, -0.15) is 18.3 Å². The van der Waals surface area contributed by atoms with E-state index in [1.165, 1.54) is 11.9 Å². The molecule has 0 saturated heterocycles. The molecular weight excluding hydrogens is 357 g/mol. The molecule has 0 aliphatic rings. The highest BCUT2D eigenvalue weighted by Gasteiger charge is 2.28. The number of rotatable bonds is 7. The van der Waals surface area contributed by atoms with E-state index in [-0.39, 0.29) is 6.54 Å². The highest BCUT2D eigenvalue weighted by atomic mass is 19.4. The molecule has 1 N–H and O–H groups in total. The minimum atomic E-state index is -4.19. The van der Waals surface area contributed by atoms with Crippen molar-refractivity contribution in [3.05, 3.63) is 48.3 Å². The van der Waals surface area contributed by atoms with Crippen LogP contribution in [0.25, 0.3) is 5.69 Å². The SMILES string of the molecule is CN=C(NCCN(C)CC(F)(F)F)N(C)Cc1cnn(-c2ccccc2)c1. The third-order valence-electron chi connectivity index (χ3n) is 3.88. The van der Waals surface area contributed by atoms with Crippen molar-refractivity contribution in [1.82, 2.24) is 24.9 Å². The summed E-state index contributed by atoms with van der Waals surface area (Å²) in [5.41, 5.74) is 1.97. The molecule has 0 aliphatic carbocycles. The molecule has 0 atom stereocenters. The zero-order valence-corrected chi connectivity index (χ0v) is 15.7. The van der Waals surface area contributed by atoms with Crippen LogP contribution >= 0.6 is 0 Å². The summed E-state index contributed by atoms with van der Waals surface area (Å²) in [6.45, 7) is 0.276. The van der Waals surface area contributed by atoms with Crippen LogP contribution in [0.3, 0.4) is 0 Å². The molecule has 0 unspecified atom stereocenters. The number of aliphatic imine (C=N–C) groups is 1. The normalized spacial score (nSPS) is 12.5. The Morgan fingerprint density at radius 1 is 1.22 bits per heavy atom. The summed E-state index contributed by atoms with van der Waals surface area (Å²) in [7, 11) is 4.96. The molecule has 1 aromatic carbocycles. The first-order valence-corrected chi connectivity index (χ1v) is 8.54. The summed E-state index contributed by atoms with van der Waals surface area (Å²) in [4.78, 5) is 7.31. The van der Waals surface area contributed by atoms with Crippen molar-refractivity contribution >= 4 is 5.96 Å². The Morgan fingerprint density at radius 2 is 1.93 bits per heavy atom. The number of nitrogens with zero attached hydrogens (tertiary/aromatic N) is 5. The molecule has 1 heterocycles. The second-order valence-electron chi connectivity index (χ2n) is 6.31. The lowest BCUT2D eigenvalue weighted by molar-refractivity contribution is -0.142. The van der Waals surface area contributed by atoms with Gasteiger partial charge in [0.15, 0.2) is 5.96 Å². The average molecular weight is 382 g/mol. The Labute approximate surface area is 157 Å². The second kappa shape index (κ2) is 9.40. The number of hydrogen-bond donors (Lipinski definition) is 1. The average Bonchev–Trinajstić information content (AvgIpc) is 3.06. The highest BCUT2D eigenvalue weighted by Crippen LogP contribution is 2.15. The van der Waals surface area contributed by atoms with Gasteiger partial charge >= 0.3 is 6.18 Å². The first-order valence-electron chi connectivity index (χ1n) is 8.54. The summed E-state index contributed by atoms with van der Waals surface area (Å²) in [6, 6.07) is 9.79. The number of halogens is 3. The number of aromatic nitrogens is 2. The van der Waals surface area contributed by atoms with Crippen molar-refractivity contribution in [2.24, 2.45) is 4.99 Å². The number of hydrogen-bond acceptors (Lipinski definition) is 3. The first-order chi connectivity index (χ1) is 12.8. The number of para-hydroxylation sites is 1. The van der Waals surface area contributed by atoms with Gasteiger partial charge in [-0.05, 0) is 19.2 Å². The Morgan fingerprint density at radius 3 is 2.56 bits per heavy atom. The molecule has 0 radical (unpaired) electrons. The fraction of sp³-hybridized carbons (Fsp3) is 0.444. The van der Waals surface area contributed by atoms with Crippen molar-refractivity contribution in [1.29, 1.82) is 0 Å². The molecule has 148 valence electrons. The highest BCUT2D eigenvalue weighted by molar-refractivity contribution is 5.79. The van der Waals surface area contributed by atoms with Crippen molar-refractivity contribution in [2.45, 2.75) is 12.7 Å². The lowest BCUT2D eigenvalue weighted by Crippen LogP contribution is -2.43. The van der Waals surface area contributed by atoms with Gasteiger partial charge in [0.2, 0.25) is 0 Å². The standard InChI is InChI=1S/C18H25F3N6/c1-22-17(23-9-10-25(2)14-18(19,20)21)26(3)12-15-11-24-27(13-15)16-7-5-4-6-8-16/h4-8,11,13H,9-10,12,14H2,1-3H3,(H,22,23). The first kappa shape index (κ1) is 20.8. The summed E-state index contributed by atoms with van der Waals surface area (Å²) in [6.07, 6.45) is -0.462. The Balaban J connectivity index is 1.85. The van der Waals surface area contributed by atoms with Gasteiger partial charge in [-0.15, -0.1) is 0 Å². The molecule has 2 aromatic rings. The molecule has 0 aliphatic heterocycles. The van der Waals surface area contributed by atoms with Crippen LogP contribution in [-0.4, -0.2) is 72.5 Å². The van der Waals surface area contributed by atoms with E-state index in [0.717, 1.165) is 11.3 Å². The van der Waals surface area contributed by atoms with E-state index in [2.05, 4.69) is 15.4 Å². The fourth-order valence-corrected chi connectivity index (χ4v) is 2.64. The van der Waals surface area contributed by atoms with E-state index in [1.54, 1.807) is 17.9 Å². The van der Waals surface area contributed by atoms with Gasteiger partial charge in [-0.3, -0.25) is 9.89 Å². The van der Waals surface area contributed by atoms with E-state index in [9.17, 15) is 13.2 Å². The lowest BCUT2D eigenvalue weighted by Gasteiger charge is -2.23. The maximum Gasteiger partial charge on any atom is 0.401 e. The van der Waals surface area contributed by atoms with Crippen LogP contribution < -0.4 is 5.32 Å². The quantitative estimate of drug-likeness (QED) is 0.590. The molecule has 27 heavy (non-hydrogen) atoms. The summed E-state index contributed by atoms with van der Waals surface area (Å²) < 4.78 is 38.9. The zero-order valence-electron chi connectivity index (χ0n) is 15.7. The van der Waals surface area contributed by atoms with Crippen LogP contribution in [0.5, 0.6) is 0 Å². The van der Waals surface area contributed by atoms with Gasteiger partial charge in [0.1, 0.15) is 0 Å². The third-order valence-corrected chi connectivity index (χ3v) is 3.88. The summed E-state index contributed by atoms with van der Waals surface area (Å²) in [5.74, 6) is 0.614. The van der Waals surface area contributed by atoms with Gasteiger partial charge < -0.3 is 10.2 Å². The lowest BCUT2D eigenvalue weighted by atomic mass is 10.3. The van der Waals surface area contributed by atoms with E-state index in [1.807, 2.05) is 48.5 Å². The molecule has 2 rings (SSSR count). The number of benzene rings is 1. The Kier molecular flexibility index (Phi) is 7.23. The molecule has 0 amide bonds. The van der Waals surface area contributed by atoms with E-state index in [0.29, 0.717) is 19.0 Å². The molecule has 0 saturated carbocycles. The number of guanidine groups is 1. The van der Waals surface area contributed by atoms with E-state index < -0.39 is 12.7 Å². The smallest absolute Gasteiger partial charge is 0.355 e. The van der Waals surface area contributed by atoms with E-state index in [4.69, 9.17) is 0 Å². The molecule has 9 heteroatoms. The maximum atomic E-state index is 12.4. The Hall–Kier alpha value is -2.55. The molecule has 0 fully saturated rings. The molecule has 1 aromatic heterocycles. The number of alkyl halides is 3. The Bertz CT molecular complexity index is 726. The van der Waals surface area contributed by atoms with Gasteiger partial charge in [-0.25, -0.2) is 4.68 Å². The van der Waals surface area contributed by atoms with Crippen LogP contribution in [0.1, 0.15) is 5.56 Å². The predicted molar refractivity (Wildman–Crippen MR) is 99.9 cm³/mol. The third kappa shape index (κ3) is 6.93. The van der Waals surface area contributed by atoms with Crippen molar-refractivity contribution < 1.29 is 13.2 Å². The fourth-order valence-electron chi connectivity index (χ4n) is 2.64. The molecular formula is C18H25F3N6.